The van der Waals surface area contributed by atoms with E-state index in [4.69, 9.17) is 4.42 Å². The summed E-state index contributed by atoms with van der Waals surface area (Å²) in [6, 6.07) is 4.45. The van der Waals surface area contributed by atoms with Crippen LogP contribution in [0.1, 0.15) is 35.4 Å². The Kier molecular flexibility index (Phi) is 3.98. The summed E-state index contributed by atoms with van der Waals surface area (Å²) in [6.45, 7) is 6.57. The minimum atomic E-state index is 0. The summed E-state index contributed by atoms with van der Waals surface area (Å²) in [5.41, 5.74) is 5.11. The molecule has 18 heavy (non-hydrogen) atoms. The van der Waals surface area contributed by atoms with Crippen LogP contribution in [0.4, 0.5) is 0 Å². The number of nitrogens with one attached hydrogen (secondary N) is 1. The Labute approximate surface area is 114 Å². The van der Waals surface area contributed by atoms with E-state index in [2.05, 4.69) is 31.3 Å². The van der Waals surface area contributed by atoms with Crippen LogP contribution in [0.5, 0.6) is 0 Å². The molecule has 0 atom stereocenters. The largest absolute Gasteiger partial charge is 0.464 e. The van der Waals surface area contributed by atoms with E-state index in [1.54, 1.807) is 0 Å². The summed E-state index contributed by atoms with van der Waals surface area (Å²) in [4.78, 5) is 0. The molecule has 98 valence electrons. The first-order valence-electron chi connectivity index (χ1n) is 6.45. The summed E-state index contributed by atoms with van der Waals surface area (Å²) in [5, 5.41) is 4.73. The summed E-state index contributed by atoms with van der Waals surface area (Å²) in [5.74, 6) is 0.666. The Bertz CT molecular complexity index is 541. The molecule has 0 bridgehead atoms. The number of rotatable bonds is 1. The van der Waals surface area contributed by atoms with Crippen LogP contribution in [0, 0.1) is 13.8 Å². The van der Waals surface area contributed by atoms with Crippen molar-refractivity contribution >= 4 is 23.4 Å². The number of halogens is 1. The van der Waals surface area contributed by atoms with Crippen LogP contribution >= 0.6 is 12.4 Å². The van der Waals surface area contributed by atoms with Crippen molar-refractivity contribution in [3.05, 3.63) is 35.1 Å². The van der Waals surface area contributed by atoms with Crippen LogP contribution < -0.4 is 5.32 Å². The molecule has 0 spiro atoms. The highest BCUT2D eigenvalue weighted by atomic mass is 35.5. The van der Waals surface area contributed by atoms with Crippen molar-refractivity contribution in [3.8, 4) is 0 Å². The monoisotopic (exact) mass is 265 g/mol. The second kappa shape index (κ2) is 5.33. The number of benzene rings is 1. The molecule has 2 nitrogen and oxygen atoms in total. The van der Waals surface area contributed by atoms with E-state index in [1.165, 1.54) is 34.9 Å². The molecule has 2 heterocycles. The third kappa shape index (κ3) is 2.27. The molecule has 0 amide bonds. The third-order valence-electron chi connectivity index (χ3n) is 4.00. The Morgan fingerprint density at radius 3 is 2.50 bits per heavy atom. The maximum atomic E-state index is 5.72. The fourth-order valence-corrected chi connectivity index (χ4v) is 2.75. The van der Waals surface area contributed by atoms with Gasteiger partial charge in [0.05, 0.1) is 6.26 Å². The quantitative estimate of drug-likeness (QED) is 0.845. The van der Waals surface area contributed by atoms with Gasteiger partial charge in [-0.05, 0) is 69.0 Å². The zero-order valence-corrected chi connectivity index (χ0v) is 11.8. The minimum Gasteiger partial charge on any atom is -0.464 e. The van der Waals surface area contributed by atoms with Gasteiger partial charge in [-0.25, -0.2) is 0 Å². The molecule has 1 N–H and O–H groups in total. The molecule has 0 aliphatic carbocycles. The molecule has 1 fully saturated rings. The summed E-state index contributed by atoms with van der Waals surface area (Å²) < 4.78 is 5.72. The van der Waals surface area contributed by atoms with E-state index in [0.717, 1.165) is 18.7 Å². The van der Waals surface area contributed by atoms with Crippen molar-refractivity contribution in [2.75, 3.05) is 13.1 Å². The van der Waals surface area contributed by atoms with Gasteiger partial charge in [-0.1, -0.05) is 0 Å². The molecule has 0 saturated carbocycles. The second-order valence-corrected chi connectivity index (χ2v) is 5.15. The highest BCUT2D eigenvalue weighted by molar-refractivity contribution is 5.85. The van der Waals surface area contributed by atoms with Gasteiger partial charge in [0.2, 0.25) is 0 Å². The van der Waals surface area contributed by atoms with Crippen molar-refractivity contribution < 1.29 is 4.42 Å². The van der Waals surface area contributed by atoms with Gasteiger partial charge in [0, 0.05) is 10.9 Å². The molecule has 1 aromatic carbocycles. The van der Waals surface area contributed by atoms with Crippen LogP contribution in [0.3, 0.4) is 0 Å². The molecule has 0 unspecified atom stereocenters. The van der Waals surface area contributed by atoms with Gasteiger partial charge in [-0.3, -0.25) is 0 Å². The second-order valence-electron chi connectivity index (χ2n) is 5.15. The number of hydrogen-bond acceptors (Lipinski definition) is 2. The Morgan fingerprint density at radius 2 is 1.78 bits per heavy atom. The normalized spacial score (nSPS) is 16.8. The highest BCUT2D eigenvalue weighted by Gasteiger charge is 2.19. The van der Waals surface area contributed by atoms with Gasteiger partial charge in [-0.2, -0.15) is 0 Å². The lowest BCUT2D eigenvalue weighted by atomic mass is 9.89. The topological polar surface area (TPSA) is 25.2 Å². The molecule has 1 aliphatic heterocycles. The predicted octanol–water partition coefficient (Wildman–Crippen LogP) is 3.94. The fraction of sp³-hybridized carbons (Fsp3) is 0.467. The first-order valence-corrected chi connectivity index (χ1v) is 6.45. The van der Waals surface area contributed by atoms with Crippen molar-refractivity contribution in [1.82, 2.24) is 5.32 Å². The van der Waals surface area contributed by atoms with Gasteiger partial charge < -0.3 is 9.73 Å². The molecule has 1 aromatic heterocycles. The molecule has 3 rings (SSSR count). The Hall–Kier alpha value is -0.990. The van der Waals surface area contributed by atoms with Gasteiger partial charge in [0.15, 0.2) is 0 Å². The number of hydrogen-bond donors (Lipinski definition) is 1. The molecule has 0 radical (unpaired) electrons. The zero-order valence-electron chi connectivity index (χ0n) is 11.0. The summed E-state index contributed by atoms with van der Waals surface area (Å²) in [6.07, 6.45) is 4.42. The van der Waals surface area contributed by atoms with E-state index in [9.17, 15) is 0 Å². The predicted molar refractivity (Wildman–Crippen MR) is 77.8 cm³/mol. The SMILES string of the molecule is Cc1cc2occ(C3CCNCC3)c2cc1C.Cl. The molecule has 3 heteroatoms. The van der Waals surface area contributed by atoms with Gasteiger partial charge in [-0.15, -0.1) is 12.4 Å². The van der Waals surface area contributed by atoms with Crippen molar-refractivity contribution in [2.24, 2.45) is 0 Å². The molecule has 1 saturated heterocycles. The maximum Gasteiger partial charge on any atom is 0.134 e. The Balaban J connectivity index is 0.00000120. The number of fused-ring (bicyclic) bond motifs is 1. The third-order valence-corrected chi connectivity index (χ3v) is 4.00. The zero-order chi connectivity index (χ0) is 11.8. The first kappa shape index (κ1) is 13.4. The van der Waals surface area contributed by atoms with Crippen molar-refractivity contribution in [3.63, 3.8) is 0 Å². The van der Waals surface area contributed by atoms with Crippen molar-refractivity contribution in [2.45, 2.75) is 32.6 Å². The van der Waals surface area contributed by atoms with Crippen LogP contribution in [-0.4, -0.2) is 13.1 Å². The summed E-state index contributed by atoms with van der Waals surface area (Å²) in [7, 11) is 0. The molecule has 2 aromatic rings. The van der Waals surface area contributed by atoms with Gasteiger partial charge >= 0.3 is 0 Å². The van der Waals surface area contributed by atoms with Crippen LogP contribution in [0.15, 0.2) is 22.8 Å². The van der Waals surface area contributed by atoms with Crippen LogP contribution in [0.2, 0.25) is 0 Å². The van der Waals surface area contributed by atoms with Gasteiger partial charge in [0.25, 0.3) is 0 Å². The lowest BCUT2D eigenvalue weighted by Gasteiger charge is -2.21. The molecular formula is C15H20ClNO. The lowest BCUT2D eigenvalue weighted by molar-refractivity contribution is 0.457. The number of furan rings is 1. The fourth-order valence-electron chi connectivity index (χ4n) is 2.75. The number of piperidine rings is 1. The van der Waals surface area contributed by atoms with Crippen LogP contribution in [-0.2, 0) is 0 Å². The van der Waals surface area contributed by atoms with E-state index < -0.39 is 0 Å². The minimum absolute atomic E-state index is 0. The average Bonchev–Trinajstić information content (AvgIpc) is 2.74. The molecule has 1 aliphatic rings. The van der Waals surface area contributed by atoms with Crippen LogP contribution in [0.25, 0.3) is 11.0 Å². The standard InChI is InChI=1S/C15H19NO.ClH/c1-10-7-13-14(12-3-5-16-6-4-12)9-17-15(13)8-11(10)2;/h7-9,12,16H,3-6H2,1-2H3;1H. The van der Waals surface area contributed by atoms with E-state index in [1.807, 2.05) is 6.26 Å². The average molecular weight is 266 g/mol. The van der Waals surface area contributed by atoms with E-state index >= 15 is 0 Å². The van der Waals surface area contributed by atoms with Gasteiger partial charge in [0.1, 0.15) is 5.58 Å². The first-order chi connectivity index (χ1) is 8.25. The smallest absolute Gasteiger partial charge is 0.134 e. The molecular weight excluding hydrogens is 246 g/mol. The van der Waals surface area contributed by atoms with E-state index in [-0.39, 0.29) is 12.4 Å². The highest BCUT2D eigenvalue weighted by Crippen LogP contribution is 2.34. The van der Waals surface area contributed by atoms with Crippen molar-refractivity contribution in [1.29, 1.82) is 0 Å². The maximum absolute atomic E-state index is 5.72. The van der Waals surface area contributed by atoms with E-state index in [0.29, 0.717) is 5.92 Å². The number of aryl methyl sites for hydroxylation is 2. The Morgan fingerprint density at radius 1 is 1.11 bits per heavy atom. The lowest BCUT2D eigenvalue weighted by Crippen LogP contribution is -2.26. The summed E-state index contributed by atoms with van der Waals surface area (Å²) >= 11 is 0.